The third-order valence-electron chi connectivity index (χ3n) is 3.35. The first-order chi connectivity index (χ1) is 10.9. The lowest BCUT2D eigenvalue weighted by Crippen LogP contribution is -2.27. The Balaban J connectivity index is 2.02. The van der Waals surface area contributed by atoms with E-state index >= 15 is 0 Å². The van der Waals surface area contributed by atoms with Crippen LogP contribution in [-0.2, 0) is 4.79 Å². The van der Waals surface area contributed by atoms with E-state index in [0.717, 1.165) is 5.56 Å². The molecule has 2 rings (SSSR count). The summed E-state index contributed by atoms with van der Waals surface area (Å²) in [5, 5.41) is 15.2. The maximum atomic E-state index is 12.3. The maximum absolute atomic E-state index is 12.3. The summed E-state index contributed by atoms with van der Waals surface area (Å²) in [6.45, 7) is 4.86. The van der Waals surface area contributed by atoms with Gasteiger partial charge >= 0.3 is 5.97 Å². The van der Waals surface area contributed by atoms with Crippen molar-refractivity contribution in [3.63, 3.8) is 0 Å². The van der Waals surface area contributed by atoms with Crippen LogP contribution < -0.4 is 10.1 Å². The molecule has 1 aromatic heterocycles. The molecular formula is C16H18N2O5. The van der Waals surface area contributed by atoms with Crippen molar-refractivity contribution in [2.45, 2.75) is 26.8 Å². The van der Waals surface area contributed by atoms with Crippen LogP contribution in [0.5, 0.6) is 5.75 Å². The Bertz CT molecular complexity index is 686. The van der Waals surface area contributed by atoms with Crippen LogP contribution >= 0.6 is 0 Å². The van der Waals surface area contributed by atoms with Gasteiger partial charge in [-0.05, 0) is 38.5 Å². The van der Waals surface area contributed by atoms with Crippen LogP contribution in [0.25, 0.3) is 0 Å². The molecule has 1 unspecified atom stereocenters. The van der Waals surface area contributed by atoms with E-state index in [0.29, 0.717) is 22.8 Å². The number of carbonyl (C=O) groups is 2. The minimum absolute atomic E-state index is 0.232. The largest absolute Gasteiger partial charge is 0.482 e. The SMILES string of the molecule is Cc1noc(C)c1C(=O)NC(C)c1ccc(OCC(=O)O)cc1. The second-order valence-corrected chi connectivity index (χ2v) is 5.15. The van der Waals surface area contributed by atoms with Gasteiger partial charge in [0, 0.05) is 0 Å². The molecule has 2 N–H and O–H groups in total. The molecule has 0 radical (unpaired) electrons. The van der Waals surface area contributed by atoms with Gasteiger partial charge in [0.1, 0.15) is 17.1 Å². The number of rotatable bonds is 6. The Hall–Kier alpha value is -2.83. The number of hydrogen-bond acceptors (Lipinski definition) is 5. The minimum Gasteiger partial charge on any atom is -0.482 e. The van der Waals surface area contributed by atoms with Crippen LogP contribution in [0.3, 0.4) is 0 Å². The number of ether oxygens (including phenoxy) is 1. The third-order valence-corrected chi connectivity index (χ3v) is 3.35. The molecule has 7 heteroatoms. The van der Waals surface area contributed by atoms with Crippen molar-refractivity contribution in [1.29, 1.82) is 0 Å². The normalized spacial score (nSPS) is 11.8. The zero-order valence-corrected chi connectivity index (χ0v) is 13.1. The first-order valence-corrected chi connectivity index (χ1v) is 7.06. The molecule has 1 aromatic carbocycles. The van der Waals surface area contributed by atoms with E-state index in [-0.39, 0.29) is 11.9 Å². The average Bonchev–Trinajstić information content (AvgIpc) is 2.84. The highest BCUT2D eigenvalue weighted by atomic mass is 16.5. The number of carboxylic acid groups (broad SMARTS) is 1. The van der Waals surface area contributed by atoms with E-state index in [1.807, 2.05) is 6.92 Å². The van der Waals surface area contributed by atoms with E-state index in [1.165, 1.54) is 0 Å². The topological polar surface area (TPSA) is 102 Å². The van der Waals surface area contributed by atoms with E-state index in [9.17, 15) is 9.59 Å². The number of hydrogen-bond donors (Lipinski definition) is 2. The molecule has 1 heterocycles. The number of aliphatic carboxylic acids is 1. The highest BCUT2D eigenvalue weighted by Crippen LogP contribution is 2.19. The van der Waals surface area contributed by atoms with Gasteiger partial charge in [0.15, 0.2) is 6.61 Å². The first kappa shape index (κ1) is 16.5. The summed E-state index contributed by atoms with van der Waals surface area (Å²) in [7, 11) is 0. The van der Waals surface area contributed by atoms with Crippen LogP contribution in [0.1, 0.15) is 40.3 Å². The standard InChI is InChI=1S/C16H18N2O5/c1-9(17-16(21)15-10(2)18-23-11(15)3)12-4-6-13(7-5-12)22-8-14(19)20/h4-7,9H,8H2,1-3H3,(H,17,21)(H,19,20). The van der Waals surface area contributed by atoms with Crippen molar-refractivity contribution in [2.75, 3.05) is 6.61 Å². The predicted molar refractivity (Wildman–Crippen MR) is 81.4 cm³/mol. The van der Waals surface area contributed by atoms with E-state index in [1.54, 1.807) is 38.1 Å². The smallest absolute Gasteiger partial charge is 0.341 e. The summed E-state index contributed by atoms with van der Waals surface area (Å²) in [5.74, 6) is -0.348. The second kappa shape index (κ2) is 6.95. The fourth-order valence-electron chi connectivity index (χ4n) is 2.16. The lowest BCUT2D eigenvalue weighted by atomic mass is 10.1. The lowest BCUT2D eigenvalue weighted by Gasteiger charge is -2.14. The van der Waals surface area contributed by atoms with Crippen molar-refractivity contribution in [3.8, 4) is 5.75 Å². The van der Waals surface area contributed by atoms with Gasteiger partial charge in [0.25, 0.3) is 5.91 Å². The molecule has 23 heavy (non-hydrogen) atoms. The molecule has 0 spiro atoms. The van der Waals surface area contributed by atoms with E-state index in [4.69, 9.17) is 14.4 Å². The highest BCUT2D eigenvalue weighted by molar-refractivity contribution is 5.96. The predicted octanol–water partition coefficient (Wildman–Crippen LogP) is 2.25. The van der Waals surface area contributed by atoms with Crippen LogP contribution in [-0.4, -0.2) is 28.7 Å². The Morgan fingerprint density at radius 3 is 2.48 bits per heavy atom. The molecule has 0 fully saturated rings. The van der Waals surface area contributed by atoms with Crippen LogP contribution in [0.2, 0.25) is 0 Å². The Morgan fingerprint density at radius 2 is 1.96 bits per heavy atom. The summed E-state index contributed by atoms with van der Waals surface area (Å²) in [6, 6.07) is 6.64. The fourth-order valence-corrected chi connectivity index (χ4v) is 2.16. The number of carbonyl (C=O) groups excluding carboxylic acids is 1. The van der Waals surface area contributed by atoms with Gasteiger partial charge in [-0.2, -0.15) is 0 Å². The van der Waals surface area contributed by atoms with Crippen molar-refractivity contribution >= 4 is 11.9 Å². The summed E-state index contributed by atoms with van der Waals surface area (Å²) in [4.78, 5) is 22.7. The van der Waals surface area contributed by atoms with E-state index < -0.39 is 12.6 Å². The van der Waals surface area contributed by atoms with Crippen molar-refractivity contribution in [1.82, 2.24) is 10.5 Å². The number of aromatic nitrogens is 1. The number of aryl methyl sites for hydroxylation is 2. The Kier molecular flexibility index (Phi) is 5.00. The molecule has 2 aromatic rings. The second-order valence-electron chi connectivity index (χ2n) is 5.15. The summed E-state index contributed by atoms with van der Waals surface area (Å²) in [5.41, 5.74) is 1.86. The average molecular weight is 318 g/mol. The Morgan fingerprint density at radius 1 is 1.30 bits per heavy atom. The molecule has 122 valence electrons. The van der Waals surface area contributed by atoms with Crippen LogP contribution in [0.4, 0.5) is 0 Å². The number of nitrogens with one attached hydrogen (secondary N) is 1. The van der Waals surface area contributed by atoms with Gasteiger partial charge in [0.05, 0.1) is 11.7 Å². The minimum atomic E-state index is -1.03. The number of carboxylic acids is 1. The number of amides is 1. The number of nitrogens with zero attached hydrogens (tertiary/aromatic N) is 1. The van der Waals surface area contributed by atoms with E-state index in [2.05, 4.69) is 10.5 Å². The van der Waals surface area contributed by atoms with Crippen molar-refractivity contribution in [2.24, 2.45) is 0 Å². The molecule has 1 amide bonds. The molecule has 1 atom stereocenters. The fraction of sp³-hybridized carbons (Fsp3) is 0.312. The van der Waals surface area contributed by atoms with Gasteiger partial charge in [-0.15, -0.1) is 0 Å². The molecule has 0 aliphatic heterocycles. The molecular weight excluding hydrogens is 300 g/mol. The van der Waals surface area contributed by atoms with Crippen LogP contribution in [0.15, 0.2) is 28.8 Å². The van der Waals surface area contributed by atoms with Crippen molar-refractivity contribution in [3.05, 3.63) is 46.8 Å². The highest BCUT2D eigenvalue weighted by Gasteiger charge is 2.19. The molecule has 7 nitrogen and oxygen atoms in total. The lowest BCUT2D eigenvalue weighted by molar-refractivity contribution is -0.139. The number of benzene rings is 1. The maximum Gasteiger partial charge on any atom is 0.341 e. The van der Waals surface area contributed by atoms with Gasteiger partial charge in [0.2, 0.25) is 0 Å². The monoisotopic (exact) mass is 318 g/mol. The molecule has 0 aliphatic carbocycles. The summed E-state index contributed by atoms with van der Waals surface area (Å²) >= 11 is 0. The zero-order valence-electron chi connectivity index (χ0n) is 13.1. The Labute approximate surface area is 133 Å². The quantitative estimate of drug-likeness (QED) is 0.847. The molecule has 0 bridgehead atoms. The van der Waals surface area contributed by atoms with Crippen LogP contribution in [0, 0.1) is 13.8 Å². The molecule has 0 aliphatic rings. The summed E-state index contributed by atoms with van der Waals surface area (Å²) < 4.78 is 10.1. The first-order valence-electron chi connectivity index (χ1n) is 7.06. The van der Waals surface area contributed by atoms with Gasteiger partial charge in [-0.1, -0.05) is 17.3 Å². The third kappa shape index (κ3) is 4.09. The van der Waals surface area contributed by atoms with Gasteiger partial charge in [-0.3, -0.25) is 4.79 Å². The molecule has 0 saturated carbocycles. The molecule has 0 saturated heterocycles. The summed E-state index contributed by atoms with van der Waals surface area (Å²) in [6.07, 6.45) is 0. The van der Waals surface area contributed by atoms with Crippen molar-refractivity contribution < 1.29 is 24.0 Å². The van der Waals surface area contributed by atoms with Gasteiger partial charge in [-0.25, -0.2) is 4.79 Å². The van der Waals surface area contributed by atoms with Gasteiger partial charge < -0.3 is 19.7 Å². The zero-order chi connectivity index (χ0) is 17.0.